The molecule has 0 bridgehead atoms. The van der Waals surface area contributed by atoms with Crippen LogP contribution in [-0.2, 0) is 24.3 Å². The van der Waals surface area contributed by atoms with Crippen molar-refractivity contribution < 1.29 is 32.0 Å². The highest BCUT2D eigenvalue weighted by Crippen LogP contribution is 2.27. The standard InChI is InChI=1S/C33H22F3N5O4/c1-43-33(42)23-13-27(36)32-29(14-23)41(17-24-9-10-45-40-24)30(39-32)15-20-7-8-21(12-26(20)35)28-3-2-4-31(38-28)44-18-22-6-5-19(16-37)11-25(22)34/h2-14H,15,17-18H2,1H3. The van der Waals surface area contributed by atoms with Crippen molar-refractivity contribution in [3.63, 3.8) is 0 Å². The van der Waals surface area contributed by atoms with Crippen molar-refractivity contribution in [1.82, 2.24) is 19.7 Å². The summed E-state index contributed by atoms with van der Waals surface area (Å²) in [6, 6.07) is 19.7. The van der Waals surface area contributed by atoms with E-state index in [0.717, 1.165) is 12.1 Å². The minimum Gasteiger partial charge on any atom is -0.473 e. The highest BCUT2D eigenvalue weighted by atomic mass is 19.1. The number of methoxy groups -OCH3 is 1. The highest BCUT2D eigenvalue weighted by Gasteiger charge is 2.20. The topological polar surface area (TPSA) is 116 Å². The van der Waals surface area contributed by atoms with Crippen LogP contribution in [0.3, 0.4) is 0 Å². The Labute approximate surface area is 254 Å². The van der Waals surface area contributed by atoms with Gasteiger partial charge in [0, 0.05) is 29.7 Å². The van der Waals surface area contributed by atoms with Gasteiger partial charge in [-0.15, -0.1) is 0 Å². The second-order valence-corrected chi connectivity index (χ2v) is 9.97. The van der Waals surface area contributed by atoms with Gasteiger partial charge in [-0.25, -0.2) is 27.9 Å². The molecular weight excluding hydrogens is 587 g/mol. The Morgan fingerprint density at radius 2 is 1.78 bits per heavy atom. The largest absolute Gasteiger partial charge is 0.473 e. The van der Waals surface area contributed by atoms with Gasteiger partial charge < -0.3 is 18.6 Å². The van der Waals surface area contributed by atoms with E-state index in [0.29, 0.717) is 28.3 Å². The molecule has 3 heterocycles. The van der Waals surface area contributed by atoms with E-state index in [1.807, 2.05) is 6.07 Å². The third kappa shape index (κ3) is 6.09. The number of aromatic nitrogens is 4. The fourth-order valence-electron chi connectivity index (χ4n) is 4.82. The number of ether oxygens (including phenoxy) is 2. The van der Waals surface area contributed by atoms with E-state index >= 15 is 8.78 Å². The summed E-state index contributed by atoms with van der Waals surface area (Å²) in [5, 5.41) is 12.8. The molecule has 6 aromatic rings. The first-order valence-electron chi connectivity index (χ1n) is 13.6. The third-order valence-corrected chi connectivity index (χ3v) is 7.10. The number of imidazole rings is 1. The molecule has 9 nitrogen and oxygen atoms in total. The van der Waals surface area contributed by atoms with Crippen molar-refractivity contribution in [2.45, 2.75) is 19.6 Å². The van der Waals surface area contributed by atoms with Crippen LogP contribution >= 0.6 is 0 Å². The first-order chi connectivity index (χ1) is 21.8. The van der Waals surface area contributed by atoms with Gasteiger partial charge in [0.15, 0.2) is 5.82 Å². The van der Waals surface area contributed by atoms with Crippen LogP contribution in [0.2, 0.25) is 0 Å². The number of pyridine rings is 1. The van der Waals surface area contributed by atoms with Crippen LogP contribution in [-0.4, -0.2) is 32.8 Å². The molecule has 0 unspecified atom stereocenters. The molecule has 0 fully saturated rings. The average molecular weight is 610 g/mol. The lowest BCUT2D eigenvalue weighted by molar-refractivity contribution is 0.0600. The quantitative estimate of drug-likeness (QED) is 0.174. The Hall–Kier alpha value is -5.96. The zero-order valence-electron chi connectivity index (χ0n) is 23.6. The lowest BCUT2D eigenvalue weighted by atomic mass is 10.1. The molecule has 0 amide bonds. The van der Waals surface area contributed by atoms with Crippen LogP contribution in [0.25, 0.3) is 22.3 Å². The Morgan fingerprint density at radius 1 is 0.956 bits per heavy atom. The number of fused-ring (bicyclic) bond motifs is 1. The summed E-state index contributed by atoms with van der Waals surface area (Å²) in [6.45, 7) is 0.0214. The van der Waals surface area contributed by atoms with E-state index in [1.165, 1.54) is 37.6 Å². The van der Waals surface area contributed by atoms with Crippen molar-refractivity contribution in [3.05, 3.63) is 130 Å². The minimum atomic E-state index is -0.723. The zero-order valence-corrected chi connectivity index (χ0v) is 23.6. The van der Waals surface area contributed by atoms with E-state index in [1.54, 1.807) is 41.0 Å². The Morgan fingerprint density at radius 3 is 2.51 bits per heavy atom. The van der Waals surface area contributed by atoms with E-state index < -0.39 is 23.4 Å². The van der Waals surface area contributed by atoms with Gasteiger partial charge in [0.2, 0.25) is 5.88 Å². The summed E-state index contributed by atoms with van der Waals surface area (Å²) in [6.07, 6.45) is 1.39. The molecule has 0 saturated heterocycles. The second-order valence-electron chi connectivity index (χ2n) is 9.97. The predicted octanol–water partition coefficient (Wildman–Crippen LogP) is 6.38. The van der Waals surface area contributed by atoms with Crippen LogP contribution in [0.4, 0.5) is 13.2 Å². The lowest BCUT2D eigenvalue weighted by Crippen LogP contribution is -2.08. The molecule has 3 aromatic carbocycles. The molecule has 0 radical (unpaired) electrons. The monoisotopic (exact) mass is 609 g/mol. The minimum absolute atomic E-state index is 0.00161. The fourth-order valence-corrected chi connectivity index (χ4v) is 4.82. The fraction of sp³-hybridized carbons (Fsp3) is 0.121. The molecule has 0 aliphatic heterocycles. The Kier molecular flexibility index (Phi) is 7.99. The molecular formula is C33H22F3N5O4. The molecule has 0 spiro atoms. The van der Waals surface area contributed by atoms with Crippen molar-refractivity contribution >= 4 is 17.0 Å². The molecule has 224 valence electrons. The van der Waals surface area contributed by atoms with Gasteiger partial charge in [0.1, 0.15) is 41.5 Å². The van der Waals surface area contributed by atoms with Gasteiger partial charge in [-0.1, -0.05) is 29.4 Å². The Balaban J connectivity index is 1.27. The summed E-state index contributed by atoms with van der Waals surface area (Å²) >= 11 is 0. The maximum Gasteiger partial charge on any atom is 0.338 e. The van der Waals surface area contributed by atoms with Crippen LogP contribution < -0.4 is 4.74 Å². The van der Waals surface area contributed by atoms with Crippen LogP contribution in [0.1, 0.15) is 38.6 Å². The van der Waals surface area contributed by atoms with E-state index in [9.17, 15) is 9.18 Å². The highest BCUT2D eigenvalue weighted by molar-refractivity contribution is 5.94. The van der Waals surface area contributed by atoms with E-state index in [2.05, 4.69) is 15.1 Å². The first-order valence-corrected chi connectivity index (χ1v) is 13.6. The number of benzene rings is 3. The number of halogens is 3. The normalized spacial score (nSPS) is 11.0. The van der Waals surface area contributed by atoms with Gasteiger partial charge in [-0.2, -0.15) is 5.26 Å². The molecule has 45 heavy (non-hydrogen) atoms. The number of hydrogen-bond donors (Lipinski definition) is 0. The molecule has 3 aromatic heterocycles. The molecule has 12 heteroatoms. The van der Waals surface area contributed by atoms with Crippen LogP contribution in [0.15, 0.2) is 83.6 Å². The van der Waals surface area contributed by atoms with Crippen molar-refractivity contribution in [2.24, 2.45) is 0 Å². The number of hydrogen-bond acceptors (Lipinski definition) is 8. The van der Waals surface area contributed by atoms with Crippen LogP contribution in [0.5, 0.6) is 5.88 Å². The van der Waals surface area contributed by atoms with Gasteiger partial charge in [0.05, 0.1) is 42.1 Å². The zero-order chi connectivity index (χ0) is 31.5. The predicted molar refractivity (Wildman–Crippen MR) is 155 cm³/mol. The third-order valence-electron chi connectivity index (χ3n) is 7.10. The SMILES string of the molecule is COC(=O)c1cc(F)c2nc(Cc3ccc(-c4cccc(OCc5ccc(C#N)cc5F)n4)cc3F)n(Cc3ccon3)c2c1. The Bertz CT molecular complexity index is 2090. The number of nitrogens with zero attached hydrogens (tertiary/aromatic N) is 5. The second kappa shape index (κ2) is 12.3. The smallest absolute Gasteiger partial charge is 0.338 e. The maximum atomic E-state index is 15.5. The van der Waals surface area contributed by atoms with Crippen molar-refractivity contribution in [2.75, 3.05) is 7.11 Å². The van der Waals surface area contributed by atoms with Gasteiger partial charge in [-0.3, -0.25) is 0 Å². The molecule has 0 N–H and O–H groups in total. The summed E-state index contributed by atoms with van der Waals surface area (Å²) in [4.78, 5) is 21.0. The van der Waals surface area contributed by atoms with Crippen LogP contribution in [0, 0.1) is 28.8 Å². The van der Waals surface area contributed by atoms with Gasteiger partial charge in [-0.05, 0) is 42.0 Å². The first kappa shape index (κ1) is 29.1. The molecule has 0 aliphatic carbocycles. The van der Waals surface area contributed by atoms with Gasteiger partial charge in [0.25, 0.3) is 0 Å². The number of rotatable bonds is 9. The lowest BCUT2D eigenvalue weighted by Gasteiger charge is -2.11. The van der Waals surface area contributed by atoms with E-state index in [4.69, 9.17) is 19.3 Å². The molecule has 0 atom stereocenters. The van der Waals surface area contributed by atoms with E-state index in [-0.39, 0.29) is 53.2 Å². The molecule has 6 rings (SSSR count). The summed E-state index contributed by atoms with van der Waals surface area (Å²) in [7, 11) is 1.20. The maximum absolute atomic E-state index is 15.5. The number of carbonyl (C=O) groups excluding carboxylic acids is 1. The van der Waals surface area contributed by atoms with Gasteiger partial charge >= 0.3 is 5.97 Å². The summed E-state index contributed by atoms with van der Waals surface area (Å²) < 4.78 is 61.8. The number of carbonyl (C=O) groups is 1. The van der Waals surface area contributed by atoms with Crippen molar-refractivity contribution in [1.29, 1.82) is 5.26 Å². The molecule has 0 aliphatic rings. The molecule has 0 saturated carbocycles. The number of nitriles is 1. The number of esters is 1. The average Bonchev–Trinajstić information content (AvgIpc) is 3.69. The summed E-state index contributed by atoms with van der Waals surface area (Å²) in [5.41, 5.74) is 2.49. The van der Waals surface area contributed by atoms with Crippen molar-refractivity contribution in [3.8, 4) is 23.2 Å². The summed E-state index contributed by atoms with van der Waals surface area (Å²) in [5.74, 6) is -2.00.